The lowest BCUT2D eigenvalue weighted by Crippen LogP contribution is -2.46. The van der Waals surface area contributed by atoms with Gasteiger partial charge in [0.15, 0.2) is 5.69 Å². The molecule has 2 heterocycles. The fourth-order valence-corrected chi connectivity index (χ4v) is 2.98. The predicted molar refractivity (Wildman–Crippen MR) is 86.6 cm³/mol. The van der Waals surface area contributed by atoms with Crippen LogP contribution in [0.1, 0.15) is 28.9 Å². The standard InChI is InChI=1S/C17H19F3N4O/c1-21-13-5-3-8-23(11-13)16(25)12-4-2-6-14(10-12)24-9-7-15(22-24)17(18,19)20/h2,4,6-7,9-10,13,21H,3,5,8,11H2,1H3. The number of rotatable bonds is 3. The van der Waals surface area contributed by atoms with Crippen LogP contribution in [0.15, 0.2) is 36.5 Å². The minimum absolute atomic E-state index is 0.120. The summed E-state index contributed by atoms with van der Waals surface area (Å²) in [7, 11) is 1.87. The molecular weight excluding hydrogens is 333 g/mol. The summed E-state index contributed by atoms with van der Waals surface area (Å²) in [6, 6.07) is 7.69. The molecule has 3 rings (SSSR count). The van der Waals surface area contributed by atoms with Gasteiger partial charge in [0, 0.05) is 30.9 Å². The molecule has 0 aliphatic carbocycles. The summed E-state index contributed by atoms with van der Waals surface area (Å²) < 4.78 is 39.2. The third-order valence-electron chi connectivity index (χ3n) is 4.35. The highest BCUT2D eigenvalue weighted by atomic mass is 19.4. The monoisotopic (exact) mass is 352 g/mol. The summed E-state index contributed by atoms with van der Waals surface area (Å²) in [5.41, 5.74) is -0.0982. The van der Waals surface area contributed by atoms with Crippen molar-refractivity contribution in [1.29, 1.82) is 0 Å². The van der Waals surface area contributed by atoms with E-state index < -0.39 is 11.9 Å². The molecule has 8 heteroatoms. The number of benzene rings is 1. The van der Waals surface area contributed by atoms with E-state index in [2.05, 4.69) is 10.4 Å². The zero-order valence-electron chi connectivity index (χ0n) is 13.8. The van der Waals surface area contributed by atoms with Crippen LogP contribution in [0, 0.1) is 0 Å². The molecule has 2 aromatic rings. The van der Waals surface area contributed by atoms with Gasteiger partial charge in [0.25, 0.3) is 5.91 Å². The smallest absolute Gasteiger partial charge is 0.337 e. The molecular formula is C17H19F3N4O. The van der Waals surface area contributed by atoms with Gasteiger partial charge >= 0.3 is 6.18 Å². The van der Waals surface area contributed by atoms with Crippen LogP contribution < -0.4 is 5.32 Å². The molecule has 1 fully saturated rings. The van der Waals surface area contributed by atoms with Crippen LogP contribution >= 0.6 is 0 Å². The average molecular weight is 352 g/mol. The minimum Gasteiger partial charge on any atom is -0.337 e. The summed E-state index contributed by atoms with van der Waals surface area (Å²) in [5, 5.41) is 6.73. The van der Waals surface area contributed by atoms with E-state index in [0.29, 0.717) is 24.3 Å². The summed E-state index contributed by atoms with van der Waals surface area (Å²) in [6.07, 6.45) is -1.31. The number of carbonyl (C=O) groups is 1. The molecule has 134 valence electrons. The molecule has 1 atom stereocenters. The first kappa shape index (κ1) is 17.5. The van der Waals surface area contributed by atoms with Crippen LogP contribution in [0.3, 0.4) is 0 Å². The van der Waals surface area contributed by atoms with E-state index in [1.54, 1.807) is 29.2 Å². The van der Waals surface area contributed by atoms with Gasteiger partial charge in [-0.25, -0.2) is 4.68 Å². The number of likely N-dealkylation sites (tertiary alicyclic amines) is 1. The lowest BCUT2D eigenvalue weighted by atomic mass is 10.0. The van der Waals surface area contributed by atoms with Gasteiger partial charge in [-0.05, 0) is 44.2 Å². The molecule has 1 N–H and O–H groups in total. The second kappa shape index (κ2) is 6.87. The fourth-order valence-electron chi connectivity index (χ4n) is 2.98. The van der Waals surface area contributed by atoms with E-state index in [0.717, 1.165) is 23.6 Å². The van der Waals surface area contributed by atoms with Crippen LogP contribution in [0.4, 0.5) is 13.2 Å². The summed E-state index contributed by atoms with van der Waals surface area (Å²) in [5.74, 6) is -0.120. The lowest BCUT2D eigenvalue weighted by Gasteiger charge is -2.32. The third-order valence-corrected chi connectivity index (χ3v) is 4.35. The van der Waals surface area contributed by atoms with Crippen molar-refractivity contribution in [1.82, 2.24) is 20.0 Å². The van der Waals surface area contributed by atoms with Crippen molar-refractivity contribution in [3.63, 3.8) is 0 Å². The fraction of sp³-hybridized carbons (Fsp3) is 0.412. The molecule has 0 radical (unpaired) electrons. The Kier molecular flexibility index (Phi) is 4.80. The molecule has 1 aromatic heterocycles. The van der Waals surface area contributed by atoms with Crippen molar-refractivity contribution in [2.24, 2.45) is 0 Å². The van der Waals surface area contributed by atoms with Crippen LogP contribution in [0.25, 0.3) is 5.69 Å². The molecule has 5 nitrogen and oxygen atoms in total. The lowest BCUT2D eigenvalue weighted by molar-refractivity contribution is -0.141. The first-order valence-corrected chi connectivity index (χ1v) is 8.08. The molecule has 1 aliphatic heterocycles. The van der Waals surface area contributed by atoms with Gasteiger partial charge in [-0.15, -0.1) is 0 Å². The number of nitrogens with one attached hydrogen (secondary N) is 1. The van der Waals surface area contributed by atoms with Gasteiger partial charge in [0.2, 0.25) is 0 Å². The Morgan fingerprint density at radius 3 is 2.80 bits per heavy atom. The average Bonchev–Trinajstić information content (AvgIpc) is 3.12. The number of hydrogen-bond donors (Lipinski definition) is 1. The molecule has 0 bridgehead atoms. The second-order valence-corrected chi connectivity index (χ2v) is 6.07. The number of alkyl halides is 3. The highest BCUT2D eigenvalue weighted by Gasteiger charge is 2.33. The quantitative estimate of drug-likeness (QED) is 0.924. The van der Waals surface area contributed by atoms with Crippen LogP contribution in [-0.2, 0) is 6.18 Å². The Hall–Kier alpha value is -2.35. The maximum absolute atomic E-state index is 12.7. The number of likely N-dealkylation sites (N-methyl/N-ethyl adjacent to an activating group) is 1. The minimum atomic E-state index is -4.49. The number of aromatic nitrogens is 2. The Labute approximate surface area is 143 Å². The molecule has 1 aromatic carbocycles. The van der Waals surface area contributed by atoms with Crippen LogP contribution in [0.2, 0.25) is 0 Å². The van der Waals surface area contributed by atoms with E-state index in [4.69, 9.17) is 0 Å². The Bertz CT molecular complexity index is 756. The van der Waals surface area contributed by atoms with Crippen molar-refractivity contribution < 1.29 is 18.0 Å². The van der Waals surface area contributed by atoms with E-state index >= 15 is 0 Å². The number of halogens is 3. The van der Waals surface area contributed by atoms with Crippen molar-refractivity contribution in [2.75, 3.05) is 20.1 Å². The van der Waals surface area contributed by atoms with Gasteiger partial charge in [-0.2, -0.15) is 18.3 Å². The van der Waals surface area contributed by atoms with Gasteiger partial charge in [0.1, 0.15) is 0 Å². The Morgan fingerprint density at radius 1 is 1.32 bits per heavy atom. The predicted octanol–water partition coefficient (Wildman–Crippen LogP) is 2.72. The molecule has 25 heavy (non-hydrogen) atoms. The molecule has 1 saturated heterocycles. The SMILES string of the molecule is CNC1CCCN(C(=O)c2cccc(-n3ccc(C(F)(F)F)n3)c2)C1. The highest BCUT2D eigenvalue weighted by Crippen LogP contribution is 2.28. The maximum atomic E-state index is 12.7. The summed E-state index contributed by atoms with van der Waals surface area (Å²) >= 11 is 0. The molecule has 1 unspecified atom stereocenters. The van der Waals surface area contributed by atoms with Gasteiger partial charge < -0.3 is 10.2 Å². The molecule has 1 aliphatic rings. The van der Waals surface area contributed by atoms with E-state index in [-0.39, 0.29) is 11.9 Å². The van der Waals surface area contributed by atoms with E-state index in [1.165, 1.54) is 6.20 Å². The first-order valence-electron chi connectivity index (χ1n) is 8.08. The van der Waals surface area contributed by atoms with Crippen molar-refractivity contribution in [3.05, 3.63) is 47.8 Å². The number of nitrogens with zero attached hydrogens (tertiary/aromatic N) is 3. The second-order valence-electron chi connectivity index (χ2n) is 6.07. The number of hydrogen-bond acceptors (Lipinski definition) is 3. The van der Waals surface area contributed by atoms with Crippen LogP contribution in [-0.4, -0.2) is 46.8 Å². The van der Waals surface area contributed by atoms with Crippen molar-refractivity contribution in [2.45, 2.75) is 25.1 Å². The van der Waals surface area contributed by atoms with Crippen molar-refractivity contribution >= 4 is 5.91 Å². The Morgan fingerprint density at radius 2 is 2.12 bits per heavy atom. The normalized spacial score (nSPS) is 18.4. The summed E-state index contributed by atoms with van der Waals surface area (Å²) in [4.78, 5) is 14.5. The topological polar surface area (TPSA) is 50.2 Å². The van der Waals surface area contributed by atoms with Gasteiger partial charge in [0.05, 0.1) is 5.69 Å². The van der Waals surface area contributed by atoms with Crippen molar-refractivity contribution in [3.8, 4) is 5.69 Å². The molecule has 0 saturated carbocycles. The number of amides is 1. The Balaban J connectivity index is 1.81. The molecule has 1 amide bonds. The van der Waals surface area contributed by atoms with E-state index in [9.17, 15) is 18.0 Å². The zero-order valence-corrected chi connectivity index (χ0v) is 13.8. The largest absolute Gasteiger partial charge is 0.435 e. The van der Waals surface area contributed by atoms with E-state index in [1.807, 2.05) is 7.05 Å². The number of carbonyl (C=O) groups excluding carboxylic acids is 1. The molecule has 0 spiro atoms. The van der Waals surface area contributed by atoms with Gasteiger partial charge in [-0.1, -0.05) is 6.07 Å². The maximum Gasteiger partial charge on any atom is 0.435 e. The zero-order chi connectivity index (χ0) is 18.0. The highest BCUT2D eigenvalue weighted by molar-refractivity contribution is 5.94. The summed E-state index contributed by atoms with van der Waals surface area (Å²) in [6.45, 7) is 1.31. The van der Waals surface area contributed by atoms with Gasteiger partial charge in [-0.3, -0.25) is 4.79 Å². The number of piperidine rings is 1. The third kappa shape index (κ3) is 3.84. The first-order chi connectivity index (χ1) is 11.9. The van der Waals surface area contributed by atoms with Crippen LogP contribution in [0.5, 0.6) is 0 Å².